The maximum absolute atomic E-state index is 10.8. The molecule has 0 aliphatic rings. The van der Waals surface area contributed by atoms with Crippen molar-refractivity contribution < 1.29 is 19.1 Å². The Bertz CT molecular complexity index is 673. The summed E-state index contributed by atoms with van der Waals surface area (Å²) in [7, 11) is -4.15. The van der Waals surface area contributed by atoms with Gasteiger partial charge in [-0.05, 0) is 0 Å². The molecule has 2 aromatic heterocycles. The van der Waals surface area contributed by atoms with Crippen molar-refractivity contribution >= 4 is 61.6 Å². The van der Waals surface area contributed by atoms with Crippen molar-refractivity contribution in [1.82, 2.24) is 19.5 Å². The van der Waals surface area contributed by atoms with Crippen LogP contribution in [0.3, 0.4) is 0 Å². The van der Waals surface area contributed by atoms with Crippen LogP contribution in [0.25, 0.3) is 11.2 Å². The Morgan fingerprint density at radius 3 is 2.80 bits per heavy atom. The van der Waals surface area contributed by atoms with Crippen LogP contribution in [0.2, 0.25) is 0 Å². The van der Waals surface area contributed by atoms with Crippen LogP contribution in [-0.2, 0) is 15.8 Å². The molecule has 0 fully saturated rings. The molecule has 0 aliphatic heterocycles. The Labute approximate surface area is 132 Å². The zero-order valence-corrected chi connectivity index (χ0v) is 15.1. The van der Waals surface area contributed by atoms with Crippen LogP contribution >= 0.6 is 7.60 Å². The number of rotatable bonds is 5. The standard InChI is InChI=1S/C9H11As2N4O4P/c1-5(19-4-20(16,17)18)2-15-3-12-6-7(10)13-9(11)14-8(6)15/h3,5H,2,4H2,1H3,(H2,16,17,18)/t5-/m1/s1. The minimum atomic E-state index is -4.15. The van der Waals surface area contributed by atoms with E-state index in [2.05, 4.69) is 48.7 Å². The van der Waals surface area contributed by atoms with E-state index in [0.717, 1.165) is 4.48 Å². The summed E-state index contributed by atoms with van der Waals surface area (Å²) in [5, 5.41) is 0. The summed E-state index contributed by atoms with van der Waals surface area (Å²) in [5.41, 5.74) is 1.35. The normalized spacial score (nSPS) is 13.8. The molecule has 0 amide bonds. The molecule has 8 nitrogen and oxygen atoms in total. The van der Waals surface area contributed by atoms with Crippen LogP contribution in [0.15, 0.2) is 6.33 Å². The molecule has 0 spiro atoms. The summed E-state index contributed by atoms with van der Waals surface area (Å²) in [6, 6.07) is 0. The van der Waals surface area contributed by atoms with Gasteiger partial charge in [0.2, 0.25) is 0 Å². The molecule has 11 heteroatoms. The third-order valence-corrected chi connectivity index (χ3v) is 3.97. The van der Waals surface area contributed by atoms with Gasteiger partial charge >= 0.3 is 132 Å². The van der Waals surface area contributed by atoms with Crippen molar-refractivity contribution in [3.63, 3.8) is 0 Å². The number of ether oxygens (including phenoxy) is 1. The van der Waals surface area contributed by atoms with Crippen LogP contribution in [0.1, 0.15) is 6.92 Å². The van der Waals surface area contributed by atoms with Crippen molar-refractivity contribution in [2.24, 2.45) is 0 Å². The fourth-order valence-electron chi connectivity index (χ4n) is 1.61. The van der Waals surface area contributed by atoms with Gasteiger partial charge in [-0.25, -0.2) is 0 Å². The third kappa shape index (κ3) is 4.14. The van der Waals surface area contributed by atoms with E-state index in [1.54, 1.807) is 17.8 Å². The first kappa shape index (κ1) is 16.2. The van der Waals surface area contributed by atoms with Gasteiger partial charge in [0, 0.05) is 0 Å². The first-order valence-electron chi connectivity index (χ1n) is 5.53. The Morgan fingerprint density at radius 2 is 2.15 bits per heavy atom. The van der Waals surface area contributed by atoms with Gasteiger partial charge in [0.25, 0.3) is 0 Å². The first-order chi connectivity index (χ1) is 9.26. The molecule has 0 bridgehead atoms. The molecule has 0 aliphatic carbocycles. The molecule has 0 saturated carbocycles. The predicted octanol–water partition coefficient (Wildman–Crippen LogP) is -2.05. The fraction of sp³-hybridized carbons (Fsp3) is 0.444. The number of hydrogen-bond donors (Lipinski definition) is 2. The van der Waals surface area contributed by atoms with Gasteiger partial charge in [0.15, 0.2) is 0 Å². The summed E-state index contributed by atoms with van der Waals surface area (Å²) in [6.07, 6.45) is 0.640. The summed E-state index contributed by atoms with van der Waals surface area (Å²) in [4.78, 5) is 30.3. The number of aromatic nitrogens is 4. The Hall–Kier alpha value is -0.223. The van der Waals surface area contributed by atoms with E-state index in [0.29, 0.717) is 22.3 Å². The van der Waals surface area contributed by atoms with Gasteiger partial charge < -0.3 is 0 Å². The number of nitrogens with zero attached hydrogens (tertiary/aromatic N) is 4. The third-order valence-electron chi connectivity index (χ3n) is 2.41. The monoisotopic (exact) mass is 420 g/mol. The zero-order chi connectivity index (χ0) is 14.9. The number of hydrogen-bond acceptors (Lipinski definition) is 5. The molecular formula is C9H11As2N4O4P. The molecular weight excluding hydrogens is 409 g/mol. The average molecular weight is 420 g/mol. The summed E-state index contributed by atoms with van der Waals surface area (Å²) in [5.74, 6) is 0. The van der Waals surface area contributed by atoms with Crippen LogP contribution < -0.4 is 9.09 Å². The van der Waals surface area contributed by atoms with Crippen molar-refractivity contribution in [2.45, 2.75) is 19.6 Å². The van der Waals surface area contributed by atoms with E-state index in [9.17, 15) is 4.57 Å². The van der Waals surface area contributed by atoms with Crippen LogP contribution in [-0.4, -0.2) is 75.5 Å². The number of imidazole rings is 1. The van der Waals surface area contributed by atoms with Crippen LogP contribution in [0.5, 0.6) is 0 Å². The molecule has 0 saturated heterocycles. The SMILES string of the molecule is C[C@H](Cn1cnc2c([As])nc([As])nc21)OCP(=O)(O)O. The zero-order valence-electron chi connectivity index (χ0n) is 10.4. The minimum absolute atomic E-state index is 0.375. The summed E-state index contributed by atoms with van der Waals surface area (Å²) >= 11 is 4.61. The van der Waals surface area contributed by atoms with Crippen molar-refractivity contribution in [3.05, 3.63) is 6.33 Å². The molecule has 0 unspecified atom stereocenters. The molecule has 2 N–H and O–H groups in total. The van der Waals surface area contributed by atoms with Gasteiger partial charge in [-0.2, -0.15) is 0 Å². The van der Waals surface area contributed by atoms with Gasteiger partial charge in [-0.15, -0.1) is 0 Å². The van der Waals surface area contributed by atoms with E-state index in [4.69, 9.17) is 14.5 Å². The van der Waals surface area contributed by atoms with E-state index < -0.39 is 13.9 Å². The van der Waals surface area contributed by atoms with Gasteiger partial charge in [-0.3, -0.25) is 0 Å². The topological polar surface area (TPSA) is 110 Å². The molecule has 106 valence electrons. The van der Waals surface area contributed by atoms with E-state index in [-0.39, 0.29) is 6.10 Å². The summed E-state index contributed by atoms with van der Waals surface area (Å²) < 4.78 is 19.0. The van der Waals surface area contributed by atoms with Crippen LogP contribution in [0, 0.1) is 0 Å². The molecule has 1 atom stereocenters. The van der Waals surface area contributed by atoms with E-state index in [1.165, 1.54) is 0 Å². The molecule has 4 radical (unpaired) electrons. The molecule has 2 rings (SSSR count). The first-order valence-corrected chi connectivity index (χ1v) is 9.20. The number of fused-ring (bicyclic) bond motifs is 1. The van der Waals surface area contributed by atoms with Gasteiger partial charge in [0.1, 0.15) is 0 Å². The van der Waals surface area contributed by atoms with Gasteiger partial charge in [0.05, 0.1) is 0 Å². The van der Waals surface area contributed by atoms with Crippen molar-refractivity contribution in [1.29, 1.82) is 0 Å². The summed E-state index contributed by atoms with van der Waals surface area (Å²) in [6.45, 7) is 2.13. The average Bonchev–Trinajstić information content (AvgIpc) is 2.69. The second-order valence-electron chi connectivity index (χ2n) is 4.19. The quantitative estimate of drug-likeness (QED) is 0.424. The molecule has 20 heavy (non-hydrogen) atoms. The van der Waals surface area contributed by atoms with E-state index in [1.807, 2.05) is 0 Å². The Kier molecular flexibility index (Phi) is 5.06. The molecule has 0 aromatic carbocycles. The maximum atomic E-state index is 10.8. The fourth-order valence-corrected chi connectivity index (χ4v) is 3.36. The van der Waals surface area contributed by atoms with Crippen molar-refractivity contribution in [3.8, 4) is 0 Å². The Balaban J connectivity index is 2.16. The second kappa shape index (κ2) is 6.26. The Morgan fingerprint density at radius 1 is 1.45 bits per heavy atom. The van der Waals surface area contributed by atoms with Crippen molar-refractivity contribution in [2.75, 3.05) is 6.35 Å². The molecule has 2 aromatic rings. The second-order valence-corrected chi connectivity index (χ2v) is 7.50. The van der Waals surface area contributed by atoms with Crippen LogP contribution in [0.4, 0.5) is 0 Å². The van der Waals surface area contributed by atoms with E-state index >= 15 is 0 Å². The van der Waals surface area contributed by atoms with Gasteiger partial charge in [-0.1, -0.05) is 0 Å². The predicted molar refractivity (Wildman–Crippen MR) is 73.6 cm³/mol. The molecule has 2 heterocycles.